The van der Waals surface area contributed by atoms with E-state index in [1.54, 1.807) is 6.92 Å². The van der Waals surface area contributed by atoms with Gasteiger partial charge >= 0.3 is 12.1 Å². The van der Waals surface area contributed by atoms with Crippen molar-refractivity contribution in [1.29, 1.82) is 0 Å². The molecule has 2 atom stereocenters. The minimum Gasteiger partial charge on any atom is -0.479 e. The van der Waals surface area contributed by atoms with Crippen LogP contribution in [0.5, 0.6) is 0 Å². The number of amides is 2. The molecule has 2 aromatic rings. The van der Waals surface area contributed by atoms with Crippen LogP contribution < -0.4 is 5.32 Å². The zero-order chi connectivity index (χ0) is 24.6. The Bertz CT molecular complexity index is 1100. The number of benzene rings is 2. The zero-order valence-corrected chi connectivity index (χ0v) is 20.0. The third-order valence-corrected chi connectivity index (χ3v) is 8.24. The lowest BCUT2D eigenvalue weighted by atomic mass is 9.78. The van der Waals surface area contributed by atoms with Gasteiger partial charge in [0.15, 0.2) is 0 Å². The van der Waals surface area contributed by atoms with Crippen LogP contribution in [0.1, 0.15) is 62.5 Å². The molecule has 1 aliphatic heterocycles. The van der Waals surface area contributed by atoms with Crippen molar-refractivity contribution in [3.05, 3.63) is 59.7 Å². The van der Waals surface area contributed by atoms with Crippen molar-refractivity contribution >= 4 is 18.0 Å². The fourth-order valence-corrected chi connectivity index (χ4v) is 6.03. The van der Waals surface area contributed by atoms with E-state index in [-0.39, 0.29) is 24.3 Å². The summed E-state index contributed by atoms with van der Waals surface area (Å²) in [6.07, 6.45) is 3.46. The number of aliphatic carboxylic acids is 1. The van der Waals surface area contributed by atoms with Crippen LogP contribution in [-0.4, -0.2) is 52.7 Å². The second kappa shape index (κ2) is 9.36. The molecule has 7 nitrogen and oxygen atoms in total. The molecule has 2 amide bonds. The number of carbonyl (C=O) groups excluding carboxylic acids is 2. The third-order valence-electron chi connectivity index (χ3n) is 8.24. The van der Waals surface area contributed by atoms with Gasteiger partial charge in [0.25, 0.3) is 0 Å². The summed E-state index contributed by atoms with van der Waals surface area (Å²) < 4.78 is 5.69. The monoisotopic (exact) mass is 476 g/mol. The van der Waals surface area contributed by atoms with Gasteiger partial charge in [-0.1, -0.05) is 61.9 Å². The molecule has 35 heavy (non-hydrogen) atoms. The number of likely N-dealkylation sites (tertiary alicyclic amines) is 1. The summed E-state index contributed by atoms with van der Waals surface area (Å²) >= 11 is 0. The summed E-state index contributed by atoms with van der Waals surface area (Å²) in [5, 5.41) is 12.7. The van der Waals surface area contributed by atoms with Gasteiger partial charge < -0.3 is 20.1 Å². The van der Waals surface area contributed by atoms with Crippen LogP contribution in [0.25, 0.3) is 11.1 Å². The number of carbonyl (C=O) groups is 3. The van der Waals surface area contributed by atoms with Gasteiger partial charge in [-0.25, -0.2) is 9.59 Å². The van der Waals surface area contributed by atoms with Gasteiger partial charge in [0.2, 0.25) is 5.91 Å². The molecule has 184 valence electrons. The topological polar surface area (TPSA) is 95.9 Å². The number of rotatable bonds is 7. The summed E-state index contributed by atoms with van der Waals surface area (Å²) in [4.78, 5) is 40.1. The Labute approximate surface area is 205 Å². The van der Waals surface area contributed by atoms with E-state index in [4.69, 9.17) is 4.74 Å². The molecule has 1 heterocycles. The van der Waals surface area contributed by atoms with E-state index in [0.717, 1.165) is 41.5 Å². The van der Waals surface area contributed by atoms with Crippen molar-refractivity contribution in [1.82, 2.24) is 10.2 Å². The van der Waals surface area contributed by atoms with E-state index in [1.807, 2.05) is 24.3 Å². The molecule has 3 aliphatic rings. The van der Waals surface area contributed by atoms with Crippen LogP contribution in [-0.2, 0) is 14.3 Å². The first-order valence-corrected chi connectivity index (χ1v) is 12.6. The molecule has 2 N–H and O–H groups in total. The molecule has 0 bridgehead atoms. The van der Waals surface area contributed by atoms with Crippen LogP contribution in [0.15, 0.2) is 48.5 Å². The van der Waals surface area contributed by atoms with Crippen molar-refractivity contribution in [2.75, 3.05) is 13.2 Å². The smallest absolute Gasteiger partial charge is 0.407 e. The fourth-order valence-electron chi connectivity index (χ4n) is 6.03. The molecule has 2 aliphatic carbocycles. The lowest BCUT2D eigenvalue weighted by molar-refractivity contribution is -0.158. The molecule has 2 aromatic carbocycles. The third kappa shape index (κ3) is 3.97. The largest absolute Gasteiger partial charge is 0.479 e. The molecule has 1 saturated carbocycles. The van der Waals surface area contributed by atoms with Crippen LogP contribution in [0, 0.1) is 5.92 Å². The number of ether oxygens (including phenoxy) is 1. The Kier molecular flexibility index (Phi) is 6.26. The summed E-state index contributed by atoms with van der Waals surface area (Å²) in [7, 11) is 0. The Morgan fingerprint density at radius 3 is 2.23 bits per heavy atom. The maximum Gasteiger partial charge on any atom is 0.407 e. The van der Waals surface area contributed by atoms with Gasteiger partial charge in [0, 0.05) is 12.5 Å². The SMILES string of the molecule is CCC1(C(=O)O)CCCN1C(=O)C(NC(=O)OCC1c2ccccc2-c2ccccc21)C1CCC1. The summed E-state index contributed by atoms with van der Waals surface area (Å²) in [6, 6.07) is 15.5. The standard InChI is InChI=1S/C28H32N2O5/c1-2-28(26(32)33)15-8-16-30(28)25(31)24(18-9-7-10-18)29-27(34)35-17-23-21-13-5-3-11-19(21)20-12-4-6-14-22(20)23/h3-6,11-14,18,23-24H,2,7-10,15-17H2,1H3,(H,29,34)(H,32,33). The molecule has 1 saturated heterocycles. The van der Waals surface area contributed by atoms with Crippen molar-refractivity contribution in [3.8, 4) is 11.1 Å². The van der Waals surface area contributed by atoms with Gasteiger partial charge in [-0.15, -0.1) is 0 Å². The van der Waals surface area contributed by atoms with Gasteiger partial charge in [-0.3, -0.25) is 4.79 Å². The molecule has 0 spiro atoms. The van der Waals surface area contributed by atoms with Crippen LogP contribution >= 0.6 is 0 Å². The minimum absolute atomic E-state index is 0.00642. The number of fused-ring (bicyclic) bond motifs is 3. The first-order valence-electron chi connectivity index (χ1n) is 12.6. The molecule has 2 fully saturated rings. The molecule has 2 unspecified atom stereocenters. The van der Waals surface area contributed by atoms with Crippen LogP contribution in [0.2, 0.25) is 0 Å². The highest BCUT2D eigenvalue weighted by molar-refractivity contribution is 5.92. The maximum absolute atomic E-state index is 13.6. The van der Waals surface area contributed by atoms with Crippen molar-refractivity contribution < 1.29 is 24.2 Å². The molecule has 0 aromatic heterocycles. The van der Waals surface area contributed by atoms with Gasteiger partial charge in [-0.2, -0.15) is 0 Å². The summed E-state index contributed by atoms with van der Waals surface area (Å²) in [6.45, 7) is 2.37. The molecular formula is C28H32N2O5. The van der Waals surface area contributed by atoms with E-state index >= 15 is 0 Å². The van der Waals surface area contributed by atoms with Gasteiger partial charge in [0.05, 0.1) is 0 Å². The van der Waals surface area contributed by atoms with Gasteiger partial charge in [-0.05, 0) is 60.3 Å². The molecule has 5 rings (SSSR count). The number of alkyl carbamates (subject to hydrolysis) is 1. The van der Waals surface area contributed by atoms with E-state index in [2.05, 4.69) is 29.6 Å². The average molecular weight is 477 g/mol. The number of hydrogen-bond donors (Lipinski definition) is 2. The Morgan fingerprint density at radius 1 is 1.06 bits per heavy atom. The highest BCUT2D eigenvalue weighted by atomic mass is 16.5. The van der Waals surface area contributed by atoms with Gasteiger partial charge in [0.1, 0.15) is 18.2 Å². The number of nitrogens with one attached hydrogen (secondary N) is 1. The Hall–Kier alpha value is -3.35. The quantitative estimate of drug-likeness (QED) is 0.611. The van der Waals surface area contributed by atoms with E-state index < -0.39 is 23.6 Å². The predicted octanol–water partition coefficient (Wildman–Crippen LogP) is 4.55. The second-order valence-electron chi connectivity index (χ2n) is 9.92. The highest BCUT2D eigenvalue weighted by Crippen LogP contribution is 2.44. The first kappa shape index (κ1) is 23.4. The Balaban J connectivity index is 1.30. The minimum atomic E-state index is -1.19. The van der Waals surface area contributed by atoms with Crippen molar-refractivity contribution in [3.63, 3.8) is 0 Å². The van der Waals surface area contributed by atoms with E-state index in [1.165, 1.54) is 4.90 Å². The van der Waals surface area contributed by atoms with Crippen LogP contribution in [0.3, 0.4) is 0 Å². The van der Waals surface area contributed by atoms with E-state index in [9.17, 15) is 19.5 Å². The van der Waals surface area contributed by atoms with Crippen LogP contribution in [0.4, 0.5) is 4.79 Å². The maximum atomic E-state index is 13.6. The van der Waals surface area contributed by atoms with Crippen molar-refractivity contribution in [2.45, 2.75) is 62.9 Å². The van der Waals surface area contributed by atoms with Crippen molar-refractivity contribution in [2.24, 2.45) is 5.92 Å². The first-order chi connectivity index (χ1) is 17.0. The highest BCUT2D eigenvalue weighted by Gasteiger charge is 2.51. The number of nitrogens with zero attached hydrogens (tertiary/aromatic N) is 1. The molecule has 0 radical (unpaired) electrons. The van der Waals surface area contributed by atoms with E-state index in [0.29, 0.717) is 25.8 Å². The average Bonchev–Trinajstić information content (AvgIpc) is 3.41. The Morgan fingerprint density at radius 2 is 1.69 bits per heavy atom. The normalized spacial score (nSPS) is 22.1. The number of carboxylic acids is 1. The summed E-state index contributed by atoms with van der Waals surface area (Å²) in [5.41, 5.74) is 3.36. The zero-order valence-electron chi connectivity index (χ0n) is 20.0. The number of carboxylic acid groups (broad SMARTS) is 1. The predicted molar refractivity (Wildman–Crippen MR) is 131 cm³/mol. The lowest BCUT2D eigenvalue weighted by Gasteiger charge is -2.40. The summed E-state index contributed by atoms with van der Waals surface area (Å²) in [5.74, 6) is -1.33. The molecule has 7 heteroatoms. The lowest BCUT2D eigenvalue weighted by Crippen LogP contribution is -2.60. The molecular weight excluding hydrogens is 444 g/mol. The second-order valence-corrected chi connectivity index (χ2v) is 9.92. The fraction of sp³-hybridized carbons (Fsp3) is 0.464. The number of hydrogen-bond acceptors (Lipinski definition) is 4.